The van der Waals surface area contributed by atoms with E-state index in [0.717, 1.165) is 25.4 Å². The van der Waals surface area contributed by atoms with Crippen LogP contribution in [0.25, 0.3) is 0 Å². The van der Waals surface area contributed by atoms with E-state index >= 15 is 0 Å². The second-order valence-corrected chi connectivity index (χ2v) is 5.76. The van der Waals surface area contributed by atoms with Crippen molar-refractivity contribution in [3.05, 3.63) is 0 Å². The summed E-state index contributed by atoms with van der Waals surface area (Å²) >= 11 is 0. The number of rotatable bonds is 10. The van der Waals surface area contributed by atoms with Crippen molar-refractivity contribution < 1.29 is 4.79 Å². The van der Waals surface area contributed by atoms with E-state index in [-0.39, 0.29) is 5.91 Å². The normalized spacial score (nSPS) is 14.6. The van der Waals surface area contributed by atoms with E-state index in [1.165, 1.54) is 12.8 Å². The molecule has 3 heteroatoms. The fourth-order valence-electron chi connectivity index (χ4n) is 1.84. The van der Waals surface area contributed by atoms with E-state index in [0.29, 0.717) is 18.4 Å². The highest BCUT2D eigenvalue weighted by atomic mass is 16.1. The molecule has 2 N–H and O–H groups in total. The van der Waals surface area contributed by atoms with E-state index in [1.54, 1.807) is 0 Å². The van der Waals surface area contributed by atoms with Crippen molar-refractivity contribution in [2.75, 3.05) is 13.1 Å². The molecule has 0 aliphatic heterocycles. The van der Waals surface area contributed by atoms with Crippen LogP contribution in [0.3, 0.4) is 0 Å². The van der Waals surface area contributed by atoms with Gasteiger partial charge in [0.05, 0.1) is 0 Å². The molecule has 2 atom stereocenters. The minimum Gasteiger partial charge on any atom is -0.356 e. The Hall–Kier alpha value is -0.570. The minimum atomic E-state index is 0.162. The maximum atomic E-state index is 11.5. The largest absolute Gasteiger partial charge is 0.356 e. The maximum Gasteiger partial charge on any atom is 0.221 e. The van der Waals surface area contributed by atoms with Crippen molar-refractivity contribution in [2.45, 2.75) is 66.3 Å². The topological polar surface area (TPSA) is 41.1 Å². The lowest BCUT2D eigenvalue weighted by Crippen LogP contribution is -2.35. The summed E-state index contributed by atoms with van der Waals surface area (Å²) in [5, 5.41) is 6.44. The lowest BCUT2D eigenvalue weighted by atomic mass is 9.98. The third kappa shape index (κ3) is 9.46. The zero-order valence-corrected chi connectivity index (χ0v) is 12.9. The quantitative estimate of drug-likeness (QED) is 0.631. The van der Waals surface area contributed by atoms with Crippen LogP contribution in [0.4, 0.5) is 0 Å². The zero-order valence-electron chi connectivity index (χ0n) is 12.9. The fourth-order valence-corrected chi connectivity index (χ4v) is 1.84. The third-order valence-electron chi connectivity index (χ3n) is 3.37. The summed E-state index contributed by atoms with van der Waals surface area (Å²) in [5.74, 6) is 1.45. The van der Waals surface area contributed by atoms with Crippen molar-refractivity contribution in [3.63, 3.8) is 0 Å². The zero-order chi connectivity index (χ0) is 14.0. The highest BCUT2D eigenvalue weighted by Crippen LogP contribution is 2.11. The first-order chi connectivity index (χ1) is 8.49. The van der Waals surface area contributed by atoms with Gasteiger partial charge in [0.2, 0.25) is 5.91 Å². The summed E-state index contributed by atoms with van der Waals surface area (Å²) < 4.78 is 0. The van der Waals surface area contributed by atoms with Gasteiger partial charge in [0.25, 0.3) is 0 Å². The van der Waals surface area contributed by atoms with E-state index in [1.807, 2.05) is 0 Å². The van der Waals surface area contributed by atoms with E-state index < -0.39 is 0 Å². The highest BCUT2D eigenvalue weighted by Gasteiger charge is 2.10. The number of hydrogen-bond donors (Lipinski definition) is 2. The van der Waals surface area contributed by atoms with Gasteiger partial charge in [0, 0.05) is 25.6 Å². The van der Waals surface area contributed by atoms with Gasteiger partial charge in [-0.05, 0) is 24.7 Å². The first-order valence-electron chi connectivity index (χ1n) is 7.49. The average molecular weight is 256 g/mol. The summed E-state index contributed by atoms with van der Waals surface area (Å²) in [6.07, 6.45) is 4.16. The SMILES string of the molecule is CCC(C)CC(CC)NCCC(=O)NCC(C)C. The first kappa shape index (κ1) is 17.4. The molecule has 0 bridgehead atoms. The molecule has 0 radical (unpaired) electrons. The molecule has 0 heterocycles. The number of carbonyl (C=O) groups is 1. The van der Waals surface area contributed by atoms with Crippen LogP contribution >= 0.6 is 0 Å². The minimum absolute atomic E-state index is 0.162. The van der Waals surface area contributed by atoms with Crippen molar-refractivity contribution >= 4 is 5.91 Å². The van der Waals surface area contributed by atoms with Gasteiger partial charge in [-0.15, -0.1) is 0 Å². The van der Waals surface area contributed by atoms with E-state index in [4.69, 9.17) is 0 Å². The molecule has 2 unspecified atom stereocenters. The fraction of sp³-hybridized carbons (Fsp3) is 0.933. The lowest BCUT2D eigenvalue weighted by Gasteiger charge is -2.20. The maximum absolute atomic E-state index is 11.5. The average Bonchev–Trinajstić information content (AvgIpc) is 2.34. The van der Waals surface area contributed by atoms with Crippen LogP contribution in [-0.4, -0.2) is 25.0 Å². The van der Waals surface area contributed by atoms with Crippen LogP contribution < -0.4 is 10.6 Å². The second kappa shape index (κ2) is 10.4. The molecule has 108 valence electrons. The molecule has 0 aliphatic carbocycles. The van der Waals surface area contributed by atoms with Crippen LogP contribution in [0.15, 0.2) is 0 Å². The van der Waals surface area contributed by atoms with Crippen molar-refractivity contribution in [1.82, 2.24) is 10.6 Å². The Bertz CT molecular complexity index is 217. The van der Waals surface area contributed by atoms with Crippen LogP contribution in [0.2, 0.25) is 0 Å². The van der Waals surface area contributed by atoms with E-state index in [2.05, 4.69) is 45.3 Å². The molecule has 0 aromatic heterocycles. The van der Waals surface area contributed by atoms with Crippen LogP contribution in [-0.2, 0) is 4.79 Å². The molecule has 0 fully saturated rings. The molecule has 18 heavy (non-hydrogen) atoms. The molecule has 0 aromatic rings. The third-order valence-corrected chi connectivity index (χ3v) is 3.37. The van der Waals surface area contributed by atoms with Gasteiger partial charge in [-0.2, -0.15) is 0 Å². The molecule has 0 aromatic carbocycles. The number of nitrogens with one attached hydrogen (secondary N) is 2. The highest BCUT2D eigenvalue weighted by molar-refractivity contribution is 5.76. The molecule has 0 aliphatic rings. The lowest BCUT2D eigenvalue weighted by molar-refractivity contribution is -0.121. The predicted octanol–water partition coefficient (Wildman–Crippen LogP) is 2.95. The Morgan fingerprint density at radius 3 is 2.28 bits per heavy atom. The molecular formula is C15H32N2O. The Balaban J connectivity index is 3.69. The van der Waals surface area contributed by atoms with Crippen LogP contribution in [0.1, 0.15) is 60.3 Å². The molecule has 0 spiro atoms. The van der Waals surface area contributed by atoms with Gasteiger partial charge in [-0.25, -0.2) is 0 Å². The Morgan fingerprint density at radius 1 is 1.11 bits per heavy atom. The van der Waals surface area contributed by atoms with Gasteiger partial charge in [0.1, 0.15) is 0 Å². The smallest absolute Gasteiger partial charge is 0.221 e. The Labute approximate surface area is 113 Å². The van der Waals surface area contributed by atoms with Gasteiger partial charge in [-0.3, -0.25) is 4.79 Å². The van der Waals surface area contributed by atoms with Crippen molar-refractivity contribution in [1.29, 1.82) is 0 Å². The summed E-state index contributed by atoms with van der Waals surface area (Å²) in [4.78, 5) is 11.5. The molecular weight excluding hydrogens is 224 g/mol. The molecule has 0 rings (SSSR count). The van der Waals surface area contributed by atoms with Gasteiger partial charge < -0.3 is 10.6 Å². The Morgan fingerprint density at radius 2 is 1.78 bits per heavy atom. The molecule has 0 saturated heterocycles. The second-order valence-electron chi connectivity index (χ2n) is 5.76. The standard InChI is InChI=1S/C15H32N2O/c1-6-13(5)10-14(7-2)16-9-8-15(18)17-11-12(3)4/h12-14,16H,6-11H2,1-5H3,(H,17,18). The number of hydrogen-bond acceptors (Lipinski definition) is 2. The van der Waals surface area contributed by atoms with Gasteiger partial charge in [-0.1, -0.05) is 41.0 Å². The monoisotopic (exact) mass is 256 g/mol. The number of amides is 1. The van der Waals surface area contributed by atoms with Gasteiger partial charge >= 0.3 is 0 Å². The first-order valence-corrected chi connectivity index (χ1v) is 7.49. The summed E-state index contributed by atoms with van der Waals surface area (Å²) in [7, 11) is 0. The predicted molar refractivity (Wildman–Crippen MR) is 78.6 cm³/mol. The molecule has 1 amide bonds. The van der Waals surface area contributed by atoms with Crippen molar-refractivity contribution in [2.24, 2.45) is 11.8 Å². The number of carbonyl (C=O) groups excluding carboxylic acids is 1. The summed E-state index contributed by atoms with van der Waals surface area (Å²) in [5.41, 5.74) is 0. The van der Waals surface area contributed by atoms with Gasteiger partial charge in [0.15, 0.2) is 0 Å². The Kier molecular flexibility index (Phi) is 10.0. The van der Waals surface area contributed by atoms with Crippen LogP contribution in [0.5, 0.6) is 0 Å². The summed E-state index contributed by atoms with van der Waals surface area (Å²) in [6, 6.07) is 0.554. The van der Waals surface area contributed by atoms with Crippen LogP contribution in [0, 0.1) is 11.8 Å². The molecule has 0 saturated carbocycles. The van der Waals surface area contributed by atoms with E-state index in [9.17, 15) is 4.79 Å². The molecule has 3 nitrogen and oxygen atoms in total. The van der Waals surface area contributed by atoms with Crippen molar-refractivity contribution in [3.8, 4) is 0 Å². The summed E-state index contributed by atoms with van der Waals surface area (Å²) in [6.45, 7) is 12.5.